The van der Waals surface area contributed by atoms with Crippen molar-refractivity contribution in [2.75, 3.05) is 0 Å². The molecular weight excluding hydrogens is 246 g/mol. The minimum absolute atomic E-state index is 0. The molecule has 5 nitrogen and oxygen atoms in total. The van der Waals surface area contributed by atoms with E-state index in [0.29, 0.717) is 5.75 Å². The Kier molecular flexibility index (Phi) is 7.53. The van der Waals surface area contributed by atoms with Gasteiger partial charge in [-0.15, -0.1) is 0 Å². The van der Waals surface area contributed by atoms with Crippen LogP contribution in [0.5, 0.6) is 5.75 Å². The summed E-state index contributed by atoms with van der Waals surface area (Å²) >= 11 is 0. The second kappa shape index (κ2) is 7.16. The number of hydrogen-bond donors (Lipinski definition) is 2. The summed E-state index contributed by atoms with van der Waals surface area (Å²) in [4.78, 5) is 16.9. The number of rotatable bonds is 4. The molecule has 15 heavy (non-hydrogen) atoms. The molecule has 0 aliphatic heterocycles. The van der Waals surface area contributed by atoms with Crippen LogP contribution in [0.25, 0.3) is 0 Å². The zero-order valence-corrected chi connectivity index (χ0v) is 8.42. The van der Waals surface area contributed by atoms with Crippen LogP contribution < -0.4 is 4.74 Å². The second-order valence-electron chi connectivity index (χ2n) is 2.59. The van der Waals surface area contributed by atoms with Gasteiger partial charge in [-0.3, -0.25) is 0 Å². The van der Waals surface area contributed by atoms with Crippen LogP contribution in [0, 0.1) is 0 Å². The summed E-state index contributed by atoms with van der Waals surface area (Å²) in [6, 6.07) is 8.64. The normalized spacial score (nSPS) is 12.7. The van der Waals surface area contributed by atoms with Crippen LogP contribution in [0.3, 0.4) is 0 Å². The van der Waals surface area contributed by atoms with E-state index in [0.717, 1.165) is 0 Å². The van der Waals surface area contributed by atoms with Gasteiger partial charge in [0.1, 0.15) is 5.75 Å². The molecule has 0 fully saturated rings. The van der Waals surface area contributed by atoms with Crippen LogP contribution in [0.1, 0.15) is 6.92 Å². The van der Waals surface area contributed by atoms with Gasteiger partial charge in [0, 0.05) is 0 Å². The fraction of sp³-hybridized carbons (Fsp3) is 0.250. The van der Waals surface area contributed by atoms with E-state index in [1.165, 1.54) is 6.92 Å². The van der Waals surface area contributed by atoms with E-state index < -0.39 is 14.1 Å². The van der Waals surface area contributed by atoms with Gasteiger partial charge in [0.05, 0.1) is 0 Å². The van der Waals surface area contributed by atoms with Crippen molar-refractivity contribution in [1.82, 2.24) is 0 Å². The molecule has 7 heteroatoms. The first kappa shape index (κ1) is 15.8. The molecule has 1 atom stereocenters. The van der Waals surface area contributed by atoms with Gasteiger partial charge in [-0.05, 0) is 19.1 Å². The molecular formula is C8H12KO5P. The average Bonchev–Trinajstić information content (AvgIpc) is 2.02. The van der Waals surface area contributed by atoms with Gasteiger partial charge in [-0.1, -0.05) is 18.2 Å². The molecule has 1 unspecified atom stereocenters. The third-order valence-electron chi connectivity index (χ3n) is 1.33. The van der Waals surface area contributed by atoms with E-state index in [9.17, 15) is 4.57 Å². The topological polar surface area (TPSA) is 76.0 Å². The zero-order chi connectivity index (χ0) is 10.6. The molecule has 0 aliphatic rings. The Hall–Kier alpha value is 0.766. The molecule has 2 N–H and O–H groups in total. The van der Waals surface area contributed by atoms with Gasteiger partial charge in [-0.25, -0.2) is 9.09 Å². The van der Waals surface area contributed by atoms with Crippen LogP contribution in [0.2, 0.25) is 0 Å². The molecule has 0 saturated carbocycles. The fourth-order valence-electron chi connectivity index (χ4n) is 0.906. The number of benzene rings is 1. The number of para-hydroxylation sites is 1. The van der Waals surface area contributed by atoms with E-state index in [1.54, 1.807) is 30.3 Å². The molecule has 0 aromatic heterocycles. The molecule has 0 aliphatic carbocycles. The first-order chi connectivity index (χ1) is 6.47. The van der Waals surface area contributed by atoms with Gasteiger partial charge in [-0.2, -0.15) is 0 Å². The molecule has 1 rings (SSSR count). The Labute approximate surface area is 130 Å². The van der Waals surface area contributed by atoms with E-state index in [2.05, 4.69) is 4.52 Å². The van der Waals surface area contributed by atoms with Crippen LogP contribution >= 0.6 is 7.82 Å². The number of phosphoric ester groups is 1. The van der Waals surface area contributed by atoms with E-state index in [1.807, 2.05) is 0 Å². The number of hydrogen-bond acceptors (Lipinski definition) is 3. The molecule has 0 radical (unpaired) electrons. The van der Waals surface area contributed by atoms with Gasteiger partial charge in [0.2, 0.25) is 6.29 Å². The van der Waals surface area contributed by atoms with Crippen molar-refractivity contribution in [1.29, 1.82) is 0 Å². The summed E-state index contributed by atoms with van der Waals surface area (Å²) in [6.07, 6.45) is -0.988. The summed E-state index contributed by atoms with van der Waals surface area (Å²) in [7, 11) is -4.48. The van der Waals surface area contributed by atoms with Crippen molar-refractivity contribution >= 4 is 59.2 Å². The summed E-state index contributed by atoms with van der Waals surface area (Å²) < 4.78 is 19.8. The predicted octanol–water partition coefficient (Wildman–Crippen LogP) is 0.872. The van der Waals surface area contributed by atoms with Gasteiger partial charge in [0.25, 0.3) is 0 Å². The molecule has 0 spiro atoms. The van der Waals surface area contributed by atoms with Crippen molar-refractivity contribution in [3.05, 3.63) is 30.3 Å². The Morgan fingerprint density at radius 3 is 2.27 bits per heavy atom. The first-order valence-electron chi connectivity index (χ1n) is 3.93. The number of ether oxygens (including phenoxy) is 1. The van der Waals surface area contributed by atoms with Gasteiger partial charge < -0.3 is 14.5 Å². The molecule has 0 amide bonds. The van der Waals surface area contributed by atoms with Crippen molar-refractivity contribution in [2.24, 2.45) is 0 Å². The fourth-order valence-corrected chi connectivity index (χ4v) is 1.34. The maximum atomic E-state index is 10.4. The molecule has 80 valence electrons. The Morgan fingerprint density at radius 2 is 1.80 bits per heavy atom. The summed E-state index contributed by atoms with van der Waals surface area (Å²) in [5, 5.41) is 0. The van der Waals surface area contributed by atoms with Gasteiger partial charge in [0.15, 0.2) is 0 Å². The summed E-state index contributed by atoms with van der Waals surface area (Å²) in [5.41, 5.74) is 0. The van der Waals surface area contributed by atoms with Gasteiger partial charge >= 0.3 is 59.2 Å². The maximum absolute atomic E-state index is 10.4. The Bertz CT molecular complexity index is 325. The quantitative estimate of drug-likeness (QED) is 0.476. The second-order valence-corrected chi connectivity index (χ2v) is 3.79. The minimum atomic E-state index is -4.48. The van der Waals surface area contributed by atoms with Crippen molar-refractivity contribution < 1.29 is 23.6 Å². The summed E-state index contributed by atoms with van der Waals surface area (Å²) in [5.74, 6) is 0.494. The molecule has 0 saturated heterocycles. The molecule has 0 bridgehead atoms. The zero-order valence-electron chi connectivity index (χ0n) is 7.53. The number of phosphoric acid groups is 1. The predicted molar refractivity (Wildman–Crippen MR) is 56.8 cm³/mol. The van der Waals surface area contributed by atoms with E-state index >= 15 is 0 Å². The molecule has 0 heterocycles. The van der Waals surface area contributed by atoms with Crippen LogP contribution in [0.15, 0.2) is 30.3 Å². The van der Waals surface area contributed by atoms with Crippen molar-refractivity contribution in [3.63, 3.8) is 0 Å². The molecule has 1 aromatic rings. The Balaban J connectivity index is 0.00000196. The van der Waals surface area contributed by atoms with Crippen LogP contribution in [-0.2, 0) is 9.09 Å². The standard InChI is InChI=1S/C8H11O5P.K.H/c1-7(13-14(9,10)11)12-8-5-3-2-4-6-8;;/h2-7H,1H3,(H2,9,10,11);;. The third-order valence-corrected chi connectivity index (χ3v) is 1.90. The monoisotopic (exact) mass is 258 g/mol. The van der Waals surface area contributed by atoms with E-state index in [-0.39, 0.29) is 51.4 Å². The van der Waals surface area contributed by atoms with Crippen LogP contribution in [-0.4, -0.2) is 67.5 Å². The van der Waals surface area contributed by atoms with Crippen LogP contribution in [0.4, 0.5) is 0 Å². The van der Waals surface area contributed by atoms with Crippen molar-refractivity contribution in [3.8, 4) is 5.75 Å². The first-order valence-corrected chi connectivity index (χ1v) is 5.46. The summed E-state index contributed by atoms with van der Waals surface area (Å²) in [6.45, 7) is 1.41. The van der Waals surface area contributed by atoms with Crippen molar-refractivity contribution in [2.45, 2.75) is 13.2 Å². The Morgan fingerprint density at radius 1 is 1.27 bits per heavy atom. The average molecular weight is 258 g/mol. The van der Waals surface area contributed by atoms with E-state index in [4.69, 9.17) is 14.5 Å². The SMILES string of the molecule is CC(Oc1ccccc1)OP(=O)(O)O.[KH]. The molecule has 1 aromatic carbocycles. The third kappa shape index (κ3) is 7.62.